The number of hydrogen-bond acceptors (Lipinski definition) is 5. The topological polar surface area (TPSA) is 65.8 Å². The summed E-state index contributed by atoms with van der Waals surface area (Å²) in [5.74, 6) is 1.26. The molecule has 0 aliphatic carbocycles. The summed E-state index contributed by atoms with van der Waals surface area (Å²) >= 11 is 1.60. The zero-order valence-corrected chi connectivity index (χ0v) is 16.5. The molecular weight excluding hydrogens is 362 g/mol. The standard InChI is InChI=1S/C20H25N3O3S/c1-22(2)11-4-10-21-19(25)15-6-8-16(9-7-15)20-23(18(24)14-27-20)13-17-5-3-12-26-17/h3,5-9,12,20H,4,10-11,13-14H2,1-2H3,(H,21,25)/t20-/m0/s1. The van der Waals surface area contributed by atoms with Gasteiger partial charge in [0.05, 0.1) is 18.6 Å². The molecule has 2 amide bonds. The Balaban J connectivity index is 1.60. The lowest BCUT2D eigenvalue weighted by atomic mass is 10.1. The minimum Gasteiger partial charge on any atom is -0.467 e. The highest BCUT2D eigenvalue weighted by atomic mass is 32.2. The number of nitrogens with one attached hydrogen (secondary N) is 1. The number of carbonyl (C=O) groups excluding carboxylic acids is 2. The highest BCUT2D eigenvalue weighted by molar-refractivity contribution is 8.00. The van der Waals surface area contributed by atoms with Gasteiger partial charge in [-0.15, -0.1) is 11.8 Å². The second kappa shape index (κ2) is 9.10. The molecule has 6 nitrogen and oxygen atoms in total. The van der Waals surface area contributed by atoms with Crippen molar-refractivity contribution in [1.82, 2.24) is 15.1 Å². The quantitative estimate of drug-likeness (QED) is 0.706. The first-order chi connectivity index (χ1) is 13.0. The molecule has 1 aliphatic heterocycles. The van der Waals surface area contributed by atoms with Gasteiger partial charge >= 0.3 is 0 Å². The Morgan fingerprint density at radius 1 is 1.30 bits per heavy atom. The van der Waals surface area contributed by atoms with E-state index in [1.165, 1.54) is 0 Å². The molecule has 0 radical (unpaired) electrons. The van der Waals surface area contributed by atoms with Crippen LogP contribution >= 0.6 is 11.8 Å². The highest BCUT2D eigenvalue weighted by Crippen LogP contribution is 2.39. The molecule has 2 heterocycles. The van der Waals surface area contributed by atoms with Gasteiger partial charge in [0, 0.05) is 12.1 Å². The van der Waals surface area contributed by atoms with E-state index in [9.17, 15) is 9.59 Å². The summed E-state index contributed by atoms with van der Waals surface area (Å²) < 4.78 is 5.38. The molecular formula is C20H25N3O3S. The Bertz CT molecular complexity index is 759. The van der Waals surface area contributed by atoms with Gasteiger partial charge in [0.25, 0.3) is 5.91 Å². The van der Waals surface area contributed by atoms with Crippen molar-refractivity contribution < 1.29 is 14.0 Å². The van der Waals surface area contributed by atoms with Crippen molar-refractivity contribution >= 4 is 23.6 Å². The van der Waals surface area contributed by atoms with E-state index in [0.717, 1.165) is 24.3 Å². The maximum absolute atomic E-state index is 12.2. The van der Waals surface area contributed by atoms with Crippen molar-refractivity contribution in [3.63, 3.8) is 0 Å². The summed E-state index contributed by atoms with van der Waals surface area (Å²) in [6.07, 6.45) is 2.53. The van der Waals surface area contributed by atoms with Crippen LogP contribution in [0.1, 0.15) is 33.5 Å². The van der Waals surface area contributed by atoms with E-state index >= 15 is 0 Å². The van der Waals surface area contributed by atoms with Crippen LogP contribution in [-0.4, -0.2) is 54.6 Å². The number of rotatable bonds is 8. The first kappa shape index (κ1) is 19.5. The molecule has 1 aromatic heterocycles. The van der Waals surface area contributed by atoms with Gasteiger partial charge in [-0.2, -0.15) is 0 Å². The molecule has 0 bridgehead atoms. The fourth-order valence-corrected chi connectivity index (χ4v) is 4.16. The normalized spacial score (nSPS) is 16.9. The molecule has 0 saturated carbocycles. The number of carbonyl (C=O) groups is 2. The average molecular weight is 388 g/mol. The number of benzene rings is 1. The summed E-state index contributed by atoms with van der Waals surface area (Å²) in [4.78, 5) is 28.4. The fourth-order valence-electron chi connectivity index (χ4n) is 2.97. The van der Waals surface area contributed by atoms with E-state index in [2.05, 4.69) is 10.2 Å². The van der Waals surface area contributed by atoms with Crippen molar-refractivity contribution in [2.24, 2.45) is 0 Å². The molecule has 0 spiro atoms. The van der Waals surface area contributed by atoms with Crippen LogP contribution in [0, 0.1) is 0 Å². The predicted octanol–water partition coefficient (Wildman–Crippen LogP) is 2.74. The van der Waals surface area contributed by atoms with Gasteiger partial charge in [-0.1, -0.05) is 12.1 Å². The van der Waals surface area contributed by atoms with Gasteiger partial charge in [-0.3, -0.25) is 9.59 Å². The molecule has 1 saturated heterocycles. The lowest BCUT2D eigenvalue weighted by Gasteiger charge is -2.23. The Kier molecular flexibility index (Phi) is 6.58. The lowest BCUT2D eigenvalue weighted by Crippen LogP contribution is -2.28. The van der Waals surface area contributed by atoms with Gasteiger partial charge in [0.2, 0.25) is 5.91 Å². The predicted molar refractivity (Wildman–Crippen MR) is 106 cm³/mol. The highest BCUT2D eigenvalue weighted by Gasteiger charge is 2.33. The molecule has 1 fully saturated rings. The van der Waals surface area contributed by atoms with E-state index in [0.29, 0.717) is 24.4 Å². The molecule has 1 N–H and O–H groups in total. The zero-order valence-electron chi connectivity index (χ0n) is 15.7. The molecule has 27 heavy (non-hydrogen) atoms. The van der Waals surface area contributed by atoms with E-state index in [-0.39, 0.29) is 17.2 Å². The number of furan rings is 1. The molecule has 1 atom stereocenters. The number of nitrogens with zero attached hydrogens (tertiary/aromatic N) is 2. The van der Waals surface area contributed by atoms with E-state index < -0.39 is 0 Å². The summed E-state index contributed by atoms with van der Waals surface area (Å²) in [5, 5.41) is 2.89. The monoisotopic (exact) mass is 387 g/mol. The fraction of sp³-hybridized carbons (Fsp3) is 0.400. The van der Waals surface area contributed by atoms with E-state index in [1.54, 1.807) is 18.0 Å². The number of thioether (sulfide) groups is 1. The second-order valence-electron chi connectivity index (χ2n) is 6.80. The van der Waals surface area contributed by atoms with Crippen molar-refractivity contribution in [3.05, 3.63) is 59.5 Å². The number of amides is 2. The molecule has 0 unspecified atom stereocenters. The van der Waals surface area contributed by atoms with Gasteiger partial charge in [-0.05, 0) is 56.9 Å². The molecule has 7 heteroatoms. The maximum atomic E-state index is 12.2. The van der Waals surface area contributed by atoms with Crippen LogP contribution in [0.2, 0.25) is 0 Å². The Hall–Kier alpha value is -2.25. The summed E-state index contributed by atoms with van der Waals surface area (Å²) in [5.41, 5.74) is 1.65. The molecule has 144 valence electrons. The third-order valence-electron chi connectivity index (χ3n) is 4.40. The summed E-state index contributed by atoms with van der Waals surface area (Å²) in [6, 6.07) is 11.2. The summed E-state index contributed by atoms with van der Waals surface area (Å²) in [6.45, 7) is 2.05. The van der Waals surface area contributed by atoms with Crippen molar-refractivity contribution in [2.75, 3.05) is 32.9 Å². The van der Waals surface area contributed by atoms with Gasteiger partial charge < -0.3 is 19.5 Å². The molecule has 3 rings (SSSR count). The first-order valence-corrected chi connectivity index (χ1v) is 10.1. The van der Waals surface area contributed by atoms with Crippen LogP contribution in [0.25, 0.3) is 0 Å². The lowest BCUT2D eigenvalue weighted by molar-refractivity contribution is -0.128. The minimum absolute atomic E-state index is 0.0557. The molecule has 1 aromatic carbocycles. The van der Waals surface area contributed by atoms with Crippen LogP contribution < -0.4 is 5.32 Å². The number of hydrogen-bond donors (Lipinski definition) is 1. The van der Waals surface area contributed by atoms with Crippen molar-refractivity contribution in [3.8, 4) is 0 Å². The van der Waals surface area contributed by atoms with E-state index in [1.807, 2.05) is 55.4 Å². The largest absolute Gasteiger partial charge is 0.467 e. The Morgan fingerprint density at radius 2 is 2.07 bits per heavy atom. The third kappa shape index (κ3) is 5.14. The van der Waals surface area contributed by atoms with Crippen LogP contribution in [0.15, 0.2) is 47.1 Å². The Labute approximate surface area is 163 Å². The van der Waals surface area contributed by atoms with E-state index in [4.69, 9.17) is 4.42 Å². The van der Waals surface area contributed by atoms with Crippen LogP contribution in [0.4, 0.5) is 0 Å². The average Bonchev–Trinajstić information content (AvgIpc) is 3.29. The van der Waals surface area contributed by atoms with Crippen molar-refractivity contribution in [2.45, 2.75) is 18.3 Å². The minimum atomic E-state index is -0.0668. The Morgan fingerprint density at radius 3 is 2.74 bits per heavy atom. The van der Waals surface area contributed by atoms with Gasteiger partial charge in [0.1, 0.15) is 11.1 Å². The van der Waals surface area contributed by atoms with Crippen LogP contribution in [0.3, 0.4) is 0 Å². The van der Waals surface area contributed by atoms with Crippen LogP contribution in [0.5, 0.6) is 0 Å². The maximum Gasteiger partial charge on any atom is 0.251 e. The molecule has 1 aliphatic rings. The zero-order chi connectivity index (χ0) is 19.2. The second-order valence-corrected chi connectivity index (χ2v) is 7.87. The summed E-state index contributed by atoms with van der Waals surface area (Å²) in [7, 11) is 4.03. The smallest absolute Gasteiger partial charge is 0.251 e. The van der Waals surface area contributed by atoms with Gasteiger partial charge in [-0.25, -0.2) is 0 Å². The van der Waals surface area contributed by atoms with Crippen molar-refractivity contribution in [1.29, 1.82) is 0 Å². The third-order valence-corrected chi connectivity index (χ3v) is 5.66. The van der Waals surface area contributed by atoms with Gasteiger partial charge in [0.15, 0.2) is 0 Å². The SMILES string of the molecule is CN(C)CCCNC(=O)c1ccc([C@@H]2SCC(=O)N2Cc2ccco2)cc1. The first-order valence-electron chi connectivity index (χ1n) is 9.01. The molecule has 2 aromatic rings. The van der Waals surface area contributed by atoms with Crippen LogP contribution in [-0.2, 0) is 11.3 Å².